The van der Waals surface area contributed by atoms with E-state index in [1.165, 1.54) is 0 Å². The highest BCUT2D eigenvalue weighted by atomic mass is 35.5. The minimum absolute atomic E-state index is 0. The zero-order chi connectivity index (χ0) is 15.1. The molecular weight excluding hydrogens is 325 g/mol. The fourth-order valence-electron chi connectivity index (χ4n) is 1.90. The van der Waals surface area contributed by atoms with Crippen LogP contribution in [0.1, 0.15) is 11.3 Å². The van der Waals surface area contributed by atoms with E-state index in [2.05, 4.69) is 5.32 Å². The first kappa shape index (κ1) is 19.0. The van der Waals surface area contributed by atoms with E-state index in [0.29, 0.717) is 26.3 Å². The van der Waals surface area contributed by atoms with Crippen molar-refractivity contribution in [2.45, 2.75) is 13.5 Å². The molecule has 22 heavy (non-hydrogen) atoms. The van der Waals surface area contributed by atoms with Gasteiger partial charge >= 0.3 is 0 Å². The highest BCUT2D eigenvalue weighted by Crippen LogP contribution is 2.26. The van der Waals surface area contributed by atoms with Gasteiger partial charge in [0.05, 0.1) is 26.4 Å². The largest absolute Gasteiger partial charge is 0.460 e. The Kier molecular flexibility index (Phi) is 8.53. The van der Waals surface area contributed by atoms with E-state index in [0.717, 1.165) is 27.7 Å². The van der Waals surface area contributed by atoms with Gasteiger partial charge in [0.15, 0.2) is 0 Å². The summed E-state index contributed by atoms with van der Waals surface area (Å²) in [7, 11) is 0. The third-order valence-electron chi connectivity index (χ3n) is 3.08. The Morgan fingerprint density at radius 1 is 1.23 bits per heavy atom. The van der Waals surface area contributed by atoms with Crippen LogP contribution in [0.3, 0.4) is 0 Å². The summed E-state index contributed by atoms with van der Waals surface area (Å²) >= 11 is 6.13. The standard InChI is InChI=1S/C16H20ClNO3.ClH/c1-12-2-3-13(10-15(12)17)16-5-4-14(21-16)11-18-6-8-20-9-7-19;/h2-5,10,18-19H,6-9,11H2,1H3;1H. The molecule has 6 heteroatoms. The molecule has 4 nitrogen and oxygen atoms in total. The van der Waals surface area contributed by atoms with Crippen LogP contribution in [-0.2, 0) is 11.3 Å². The summed E-state index contributed by atoms with van der Waals surface area (Å²) in [4.78, 5) is 0. The normalized spacial score (nSPS) is 10.5. The van der Waals surface area contributed by atoms with E-state index in [1.807, 2.05) is 37.3 Å². The highest BCUT2D eigenvalue weighted by Gasteiger charge is 2.06. The Labute approximate surface area is 141 Å². The van der Waals surface area contributed by atoms with Gasteiger partial charge in [0, 0.05) is 17.1 Å². The van der Waals surface area contributed by atoms with Gasteiger partial charge < -0.3 is 19.6 Å². The second-order valence-electron chi connectivity index (χ2n) is 4.74. The summed E-state index contributed by atoms with van der Waals surface area (Å²) in [5, 5.41) is 12.5. The van der Waals surface area contributed by atoms with Crippen LogP contribution in [0.4, 0.5) is 0 Å². The first-order valence-electron chi connectivity index (χ1n) is 6.95. The Hall–Kier alpha value is -1.04. The van der Waals surface area contributed by atoms with Crippen LogP contribution >= 0.6 is 24.0 Å². The van der Waals surface area contributed by atoms with Crippen LogP contribution in [0.5, 0.6) is 0 Å². The first-order chi connectivity index (χ1) is 10.2. The smallest absolute Gasteiger partial charge is 0.134 e. The number of ether oxygens (including phenoxy) is 1. The maximum Gasteiger partial charge on any atom is 0.134 e. The number of hydrogen-bond acceptors (Lipinski definition) is 4. The lowest BCUT2D eigenvalue weighted by molar-refractivity contribution is 0.0936. The van der Waals surface area contributed by atoms with Crippen LogP contribution in [0, 0.1) is 6.92 Å². The Balaban J connectivity index is 0.00000242. The van der Waals surface area contributed by atoms with E-state index in [9.17, 15) is 0 Å². The number of benzene rings is 1. The van der Waals surface area contributed by atoms with Crippen molar-refractivity contribution in [1.29, 1.82) is 0 Å². The number of aryl methyl sites for hydroxylation is 1. The summed E-state index contributed by atoms with van der Waals surface area (Å²) in [6, 6.07) is 9.79. The number of aliphatic hydroxyl groups is 1. The number of halogens is 2. The second-order valence-corrected chi connectivity index (χ2v) is 5.15. The summed E-state index contributed by atoms with van der Waals surface area (Å²) in [6.45, 7) is 4.33. The fourth-order valence-corrected chi connectivity index (χ4v) is 2.08. The number of aliphatic hydroxyl groups excluding tert-OH is 1. The van der Waals surface area contributed by atoms with Gasteiger partial charge in [-0.25, -0.2) is 0 Å². The second kappa shape index (κ2) is 9.87. The van der Waals surface area contributed by atoms with Crippen molar-refractivity contribution in [3.8, 4) is 11.3 Å². The van der Waals surface area contributed by atoms with Crippen LogP contribution in [0.25, 0.3) is 11.3 Å². The summed E-state index contributed by atoms with van der Waals surface area (Å²) in [5.74, 6) is 1.68. The average molecular weight is 346 g/mol. The van der Waals surface area contributed by atoms with Gasteiger partial charge in [0.1, 0.15) is 11.5 Å². The van der Waals surface area contributed by atoms with Crippen molar-refractivity contribution in [3.63, 3.8) is 0 Å². The van der Waals surface area contributed by atoms with E-state index >= 15 is 0 Å². The Morgan fingerprint density at radius 2 is 2.05 bits per heavy atom. The summed E-state index contributed by atoms with van der Waals surface area (Å²) < 4.78 is 11.0. The molecule has 0 bridgehead atoms. The van der Waals surface area contributed by atoms with Gasteiger partial charge in [-0.05, 0) is 30.7 Å². The molecular formula is C16H21Cl2NO3. The van der Waals surface area contributed by atoms with Crippen molar-refractivity contribution in [2.24, 2.45) is 0 Å². The number of nitrogens with one attached hydrogen (secondary N) is 1. The summed E-state index contributed by atoms with van der Waals surface area (Å²) in [6.07, 6.45) is 0. The van der Waals surface area contributed by atoms with Gasteiger partial charge in [-0.15, -0.1) is 12.4 Å². The number of hydrogen-bond donors (Lipinski definition) is 2. The lowest BCUT2D eigenvalue weighted by Crippen LogP contribution is -2.19. The Morgan fingerprint density at radius 3 is 2.77 bits per heavy atom. The van der Waals surface area contributed by atoms with Gasteiger partial charge in [-0.1, -0.05) is 23.7 Å². The monoisotopic (exact) mass is 345 g/mol. The molecule has 0 spiro atoms. The molecule has 0 aliphatic rings. The van der Waals surface area contributed by atoms with E-state index in [1.54, 1.807) is 0 Å². The zero-order valence-electron chi connectivity index (χ0n) is 12.5. The molecule has 2 N–H and O–H groups in total. The predicted octanol–water partition coefficient (Wildman–Crippen LogP) is 3.43. The molecule has 1 aromatic heterocycles. The molecule has 122 valence electrons. The molecule has 0 amide bonds. The van der Waals surface area contributed by atoms with E-state index in [-0.39, 0.29) is 19.0 Å². The average Bonchev–Trinajstić information content (AvgIpc) is 2.94. The van der Waals surface area contributed by atoms with Crippen LogP contribution in [0.15, 0.2) is 34.7 Å². The van der Waals surface area contributed by atoms with E-state index in [4.69, 9.17) is 25.9 Å². The molecule has 0 saturated heterocycles. The molecule has 1 heterocycles. The molecule has 0 aliphatic heterocycles. The Bertz CT molecular complexity index is 572. The molecule has 0 unspecified atom stereocenters. The van der Waals surface area contributed by atoms with Gasteiger partial charge in [-0.2, -0.15) is 0 Å². The maximum atomic E-state index is 8.58. The minimum atomic E-state index is 0. The molecule has 0 radical (unpaired) electrons. The van der Waals surface area contributed by atoms with Gasteiger partial charge in [-0.3, -0.25) is 0 Å². The van der Waals surface area contributed by atoms with Crippen molar-refractivity contribution < 1.29 is 14.3 Å². The number of furan rings is 1. The third kappa shape index (κ3) is 5.63. The predicted molar refractivity (Wildman–Crippen MR) is 90.8 cm³/mol. The van der Waals surface area contributed by atoms with Gasteiger partial charge in [0.25, 0.3) is 0 Å². The molecule has 2 rings (SSSR count). The molecule has 0 aliphatic carbocycles. The highest BCUT2D eigenvalue weighted by molar-refractivity contribution is 6.31. The lowest BCUT2D eigenvalue weighted by Gasteiger charge is -2.04. The lowest BCUT2D eigenvalue weighted by atomic mass is 10.1. The zero-order valence-corrected chi connectivity index (χ0v) is 14.0. The van der Waals surface area contributed by atoms with E-state index < -0.39 is 0 Å². The summed E-state index contributed by atoms with van der Waals surface area (Å²) in [5.41, 5.74) is 2.03. The molecule has 2 aromatic rings. The third-order valence-corrected chi connectivity index (χ3v) is 3.48. The van der Waals surface area contributed by atoms with Crippen molar-refractivity contribution in [3.05, 3.63) is 46.7 Å². The quantitative estimate of drug-likeness (QED) is 0.719. The fraction of sp³-hybridized carbons (Fsp3) is 0.375. The van der Waals surface area contributed by atoms with Gasteiger partial charge in [0.2, 0.25) is 0 Å². The first-order valence-corrected chi connectivity index (χ1v) is 7.33. The SMILES string of the molecule is Cc1ccc(-c2ccc(CNCCOCCO)o2)cc1Cl.Cl. The van der Waals surface area contributed by atoms with Crippen molar-refractivity contribution in [1.82, 2.24) is 5.32 Å². The molecule has 0 fully saturated rings. The van der Waals surface area contributed by atoms with Crippen LogP contribution in [0.2, 0.25) is 5.02 Å². The molecule has 1 aromatic carbocycles. The van der Waals surface area contributed by atoms with Crippen LogP contribution < -0.4 is 5.32 Å². The molecule has 0 saturated carbocycles. The maximum absolute atomic E-state index is 8.58. The number of rotatable bonds is 8. The van der Waals surface area contributed by atoms with Crippen molar-refractivity contribution >= 4 is 24.0 Å². The molecule has 0 atom stereocenters. The van der Waals surface area contributed by atoms with Crippen LogP contribution in [-0.4, -0.2) is 31.5 Å². The van der Waals surface area contributed by atoms with Crippen molar-refractivity contribution in [2.75, 3.05) is 26.4 Å². The minimum Gasteiger partial charge on any atom is -0.460 e. The topological polar surface area (TPSA) is 54.6 Å².